The smallest absolute Gasteiger partial charge is 0.341 e. The standard InChI is InChI=1S/C29H40O5/c1-9-11-12-13-22-18-24(33-16-10-2)26(27(34-21(6)30)25(22)28(31)32-8)23-17-20(5)14-15-29(23,7)19(3)4/h10,17-18,23H,2-3,9,11-16H2,1,4-8H3/t23-,29-/m0/s1. The Morgan fingerprint density at radius 3 is 2.53 bits per heavy atom. The molecule has 0 aromatic heterocycles. The summed E-state index contributed by atoms with van der Waals surface area (Å²) in [5, 5.41) is 0. The molecule has 5 nitrogen and oxygen atoms in total. The van der Waals surface area contributed by atoms with Gasteiger partial charge in [-0.25, -0.2) is 4.79 Å². The molecule has 1 aromatic carbocycles. The molecule has 0 bridgehead atoms. The van der Waals surface area contributed by atoms with Crippen LogP contribution in [0.15, 0.2) is 42.5 Å². The predicted molar refractivity (Wildman–Crippen MR) is 137 cm³/mol. The normalized spacial score (nSPS) is 19.7. The summed E-state index contributed by atoms with van der Waals surface area (Å²) in [5.41, 5.74) is 3.69. The number of unbranched alkanes of at least 4 members (excludes halogenated alkanes) is 2. The SMILES string of the molecule is C=CCOc1cc(CCCCC)c(C(=O)OC)c(OC(C)=O)c1[C@@H]1C=C(C)CC[C@@]1(C)C(=C)C. The van der Waals surface area contributed by atoms with Crippen molar-refractivity contribution < 1.29 is 23.8 Å². The maximum absolute atomic E-state index is 13.1. The number of ether oxygens (including phenoxy) is 3. The van der Waals surface area contributed by atoms with Crippen LogP contribution in [0.1, 0.15) is 94.1 Å². The summed E-state index contributed by atoms with van der Waals surface area (Å²) in [4.78, 5) is 25.4. The van der Waals surface area contributed by atoms with Crippen LogP contribution in [0.5, 0.6) is 11.5 Å². The molecule has 2 atom stereocenters. The lowest BCUT2D eigenvalue weighted by molar-refractivity contribution is -0.132. The van der Waals surface area contributed by atoms with Gasteiger partial charge in [-0.2, -0.15) is 0 Å². The molecule has 0 saturated carbocycles. The van der Waals surface area contributed by atoms with Crippen molar-refractivity contribution in [2.75, 3.05) is 13.7 Å². The molecule has 0 aliphatic heterocycles. The number of allylic oxidation sites excluding steroid dienone is 3. The first kappa shape index (κ1) is 27.4. The second-order valence-electron chi connectivity index (χ2n) is 9.48. The van der Waals surface area contributed by atoms with E-state index in [1.165, 1.54) is 19.6 Å². The number of hydrogen-bond acceptors (Lipinski definition) is 5. The Hall–Kier alpha value is -2.82. The lowest BCUT2D eigenvalue weighted by Crippen LogP contribution is -2.30. The first-order chi connectivity index (χ1) is 16.1. The molecule has 0 fully saturated rings. The van der Waals surface area contributed by atoms with Crippen LogP contribution in [-0.2, 0) is 16.0 Å². The predicted octanol–water partition coefficient (Wildman–Crippen LogP) is 7.10. The van der Waals surface area contributed by atoms with E-state index in [4.69, 9.17) is 14.2 Å². The average molecular weight is 469 g/mol. The van der Waals surface area contributed by atoms with Crippen LogP contribution in [0, 0.1) is 5.41 Å². The molecule has 186 valence electrons. The number of aryl methyl sites for hydroxylation is 1. The zero-order chi connectivity index (χ0) is 25.5. The summed E-state index contributed by atoms with van der Waals surface area (Å²) in [6.45, 7) is 18.1. The third-order valence-corrected chi connectivity index (χ3v) is 6.87. The second-order valence-corrected chi connectivity index (χ2v) is 9.48. The molecule has 1 aliphatic carbocycles. The molecule has 0 spiro atoms. The van der Waals surface area contributed by atoms with E-state index in [0.29, 0.717) is 23.3 Å². The van der Waals surface area contributed by atoms with Crippen LogP contribution in [-0.4, -0.2) is 25.7 Å². The average Bonchev–Trinajstić information content (AvgIpc) is 2.78. The summed E-state index contributed by atoms with van der Waals surface area (Å²) >= 11 is 0. The fourth-order valence-corrected chi connectivity index (χ4v) is 4.65. The first-order valence-electron chi connectivity index (χ1n) is 12.1. The Bertz CT molecular complexity index is 971. The lowest BCUT2D eigenvalue weighted by Gasteiger charge is -2.42. The third-order valence-electron chi connectivity index (χ3n) is 6.87. The largest absolute Gasteiger partial charge is 0.489 e. The van der Waals surface area contributed by atoms with Crippen molar-refractivity contribution in [1.82, 2.24) is 0 Å². The van der Waals surface area contributed by atoms with Crippen molar-refractivity contribution in [3.63, 3.8) is 0 Å². The van der Waals surface area contributed by atoms with E-state index >= 15 is 0 Å². The minimum Gasteiger partial charge on any atom is -0.489 e. The molecule has 0 heterocycles. The van der Waals surface area contributed by atoms with Gasteiger partial charge in [-0.15, -0.1) is 0 Å². The summed E-state index contributed by atoms with van der Waals surface area (Å²) in [5.74, 6) is -0.385. The number of carbonyl (C=O) groups excluding carboxylic acids is 2. The van der Waals surface area contributed by atoms with Crippen LogP contribution in [0.2, 0.25) is 0 Å². The Kier molecular flexibility index (Phi) is 9.72. The van der Waals surface area contributed by atoms with E-state index in [9.17, 15) is 9.59 Å². The number of methoxy groups -OCH3 is 1. The summed E-state index contributed by atoms with van der Waals surface area (Å²) in [6.07, 6.45) is 9.32. The van der Waals surface area contributed by atoms with E-state index in [2.05, 4.69) is 40.0 Å². The molecular formula is C29H40O5. The van der Waals surface area contributed by atoms with E-state index in [1.54, 1.807) is 6.08 Å². The van der Waals surface area contributed by atoms with E-state index in [-0.39, 0.29) is 23.7 Å². The summed E-state index contributed by atoms with van der Waals surface area (Å²) in [6, 6.07) is 1.92. The highest BCUT2D eigenvalue weighted by atomic mass is 16.5. The Morgan fingerprint density at radius 1 is 1.26 bits per heavy atom. The molecule has 0 N–H and O–H groups in total. The van der Waals surface area contributed by atoms with Gasteiger partial charge in [0.05, 0.1) is 7.11 Å². The molecule has 0 saturated heterocycles. The van der Waals surface area contributed by atoms with Crippen molar-refractivity contribution in [3.05, 3.63) is 59.2 Å². The summed E-state index contributed by atoms with van der Waals surface area (Å²) < 4.78 is 17.2. The fourth-order valence-electron chi connectivity index (χ4n) is 4.65. The summed E-state index contributed by atoms with van der Waals surface area (Å²) in [7, 11) is 1.35. The highest BCUT2D eigenvalue weighted by Gasteiger charge is 2.42. The Labute approximate surface area is 204 Å². The molecule has 2 rings (SSSR count). The highest BCUT2D eigenvalue weighted by Crippen LogP contribution is 2.55. The molecule has 34 heavy (non-hydrogen) atoms. The van der Waals surface area contributed by atoms with Gasteiger partial charge < -0.3 is 14.2 Å². The maximum Gasteiger partial charge on any atom is 0.341 e. The highest BCUT2D eigenvalue weighted by molar-refractivity contribution is 5.96. The molecule has 1 aliphatic rings. The maximum atomic E-state index is 13.1. The van der Waals surface area contributed by atoms with Crippen molar-refractivity contribution in [3.8, 4) is 11.5 Å². The van der Waals surface area contributed by atoms with Gasteiger partial charge in [-0.1, -0.05) is 63.1 Å². The number of rotatable bonds is 11. The zero-order valence-corrected chi connectivity index (χ0v) is 21.7. The second kappa shape index (κ2) is 12.0. The van der Waals surface area contributed by atoms with E-state index in [1.807, 2.05) is 13.0 Å². The van der Waals surface area contributed by atoms with Crippen molar-refractivity contribution in [2.45, 2.75) is 79.1 Å². The third kappa shape index (κ3) is 5.99. The fraction of sp³-hybridized carbons (Fsp3) is 0.517. The molecule has 0 amide bonds. The lowest BCUT2D eigenvalue weighted by atomic mass is 9.62. The Balaban J connectivity index is 2.96. The van der Waals surface area contributed by atoms with Gasteiger partial charge in [0.1, 0.15) is 17.9 Å². The van der Waals surface area contributed by atoms with Gasteiger partial charge in [-0.3, -0.25) is 4.79 Å². The number of carbonyl (C=O) groups is 2. The van der Waals surface area contributed by atoms with Crippen LogP contribution >= 0.6 is 0 Å². The number of hydrogen-bond donors (Lipinski definition) is 0. The zero-order valence-electron chi connectivity index (χ0n) is 21.7. The van der Waals surface area contributed by atoms with Crippen LogP contribution in [0.25, 0.3) is 0 Å². The topological polar surface area (TPSA) is 61.8 Å². The molecular weight excluding hydrogens is 428 g/mol. The molecule has 1 aromatic rings. The monoisotopic (exact) mass is 468 g/mol. The quantitative estimate of drug-likeness (QED) is 0.150. The first-order valence-corrected chi connectivity index (χ1v) is 12.1. The van der Waals surface area contributed by atoms with Crippen LogP contribution in [0.3, 0.4) is 0 Å². The van der Waals surface area contributed by atoms with E-state index < -0.39 is 11.9 Å². The number of benzene rings is 1. The minimum atomic E-state index is -0.521. The van der Waals surface area contributed by atoms with E-state index in [0.717, 1.165) is 43.2 Å². The van der Waals surface area contributed by atoms with Crippen LogP contribution in [0.4, 0.5) is 0 Å². The Morgan fingerprint density at radius 2 is 1.97 bits per heavy atom. The van der Waals surface area contributed by atoms with Gasteiger partial charge >= 0.3 is 11.9 Å². The van der Waals surface area contributed by atoms with Gasteiger partial charge in [0.25, 0.3) is 0 Å². The van der Waals surface area contributed by atoms with Gasteiger partial charge in [-0.05, 0) is 56.6 Å². The molecule has 5 heteroatoms. The minimum absolute atomic E-state index is 0.194. The molecule has 0 radical (unpaired) electrons. The number of esters is 2. The van der Waals surface area contributed by atoms with Gasteiger partial charge in [0, 0.05) is 18.4 Å². The van der Waals surface area contributed by atoms with Crippen molar-refractivity contribution >= 4 is 11.9 Å². The molecule has 0 unspecified atom stereocenters. The van der Waals surface area contributed by atoms with Gasteiger partial charge in [0.2, 0.25) is 0 Å². The van der Waals surface area contributed by atoms with Crippen LogP contribution < -0.4 is 9.47 Å². The van der Waals surface area contributed by atoms with Crippen molar-refractivity contribution in [2.24, 2.45) is 5.41 Å². The van der Waals surface area contributed by atoms with Crippen molar-refractivity contribution in [1.29, 1.82) is 0 Å². The van der Waals surface area contributed by atoms with Gasteiger partial charge in [0.15, 0.2) is 5.75 Å².